The number of rotatable bonds is 8. The summed E-state index contributed by atoms with van der Waals surface area (Å²) >= 11 is 0. The Morgan fingerprint density at radius 1 is 1.19 bits per heavy atom. The van der Waals surface area contributed by atoms with E-state index in [4.69, 9.17) is 0 Å². The first-order valence-electron chi connectivity index (χ1n) is 7.31. The third kappa shape index (κ3) is 6.57. The van der Waals surface area contributed by atoms with Crippen molar-refractivity contribution in [2.45, 2.75) is 20.4 Å². The second-order valence-corrected chi connectivity index (χ2v) is 6.15. The first-order valence-corrected chi connectivity index (χ1v) is 7.31. The van der Waals surface area contributed by atoms with Crippen molar-refractivity contribution in [1.82, 2.24) is 9.80 Å². The molecule has 0 heterocycles. The molecule has 0 fully saturated rings. The van der Waals surface area contributed by atoms with E-state index in [1.807, 2.05) is 14.1 Å². The highest BCUT2D eigenvalue weighted by molar-refractivity contribution is 6.59. The van der Waals surface area contributed by atoms with E-state index in [0.717, 1.165) is 25.2 Å². The molecule has 0 saturated heterocycles. The molecule has 0 aliphatic heterocycles. The molecule has 21 heavy (non-hydrogen) atoms. The van der Waals surface area contributed by atoms with Gasteiger partial charge < -0.3 is 14.9 Å². The third-order valence-electron chi connectivity index (χ3n) is 3.27. The monoisotopic (exact) mass is 296 g/mol. The minimum absolute atomic E-state index is 0.244. The number of hydrogen-bond acceptors (Lipinski definition) is 4. The number of nitrogens with zero attached hydrogens (tertiary/aromatic N) is 2. The summed E-state index contributed by atoms with van der Waals surface area (Å²) in [5, 5.41) is 18.8. The zero-order valence-corrected chi connectivity index (χ0v) is 13.4. The Hall–Kier alpha value is -0.945. The first-order chi connectivity index (χ1) is 9.79. The van der Waals surface area contributed by atoms with Crippen LogP contribution in [0.15, 0.2) is 18.2 Å². The van der Waals surface area contributed by atoms with Crippen LogP contribution in [0.4, 0.5) is 4.39 Å². The summed E-state index contributed by atoms with van der Waals surface area (Å²) in [4.78, 5) is 4.36. The average molecular weight is 296 g/mol. The SMILES string of the molecule is CC(C)CN(CCN(C)C)Cc1ccc(F)cc1B(O)O. The van der Waals surface area contributed by atoms with Crippen molar-refractivity contribution >= 4 is 12.6 Å². The summed E-state index contributed by atoms with van der Waals surface area (Å²) < 4.78 is 13.3. The highest BCUT2D eigenvalue weighted by Gasteiger charge is 2.19. The zero-order valence-electron chi connectivity index (χ0n) is 13.4. The highest BCUT2D eigenvalue weighted by atomic mass is 19.1. The van der Waals surface area contributed by atoms with E-state index in [1.54, 1.807) is 6.07 Å². The van der Waals surface area contributed by atoms with E-state index in [2.05, 4.69) is 23.6 Å². The lowest BCUT2D eigenvalue weighted by molar-refractivity contribution is 0.212. The van der Waals surface area contributed by atoms with Crippen molar-refractivity contribution < 1.29 is 14.4 Å². The second-order valence-electron chi connectivity index (χ2n) is 6.15. The summed E-state index contributed by atoms with van der Waals surface area (Å²) in [7, 11) is 2.40. The lowest BCUT2D eigenvalue weighted by Crippen LogP contribution is -2.39. The van der Waals surface area contributed by atoms with Crippen molar-refractivity contribution in [2.24, 2.45) is 5.92 Å². The lowest BCUT2D eigenvalue weighted by atomic mass is 9.77. The molecule has 2 N–H and O–H groups in total. The Kier molecular flexibility index (Phi) is 7.32. The van der Waals surface area contributed by atoms with Crippen LogP contribution >= 0.6 is 0 Å². The maximum Gasteiger partial charge on any atom is 0.488 e. The van der Waals surface area contributed by atoms with Gasteiger partial charge in [-0.3, -0.25) is 4.90 Å². The Morgan fingerprint density at radius 2 is 1.86 bits per heavy atom. The molecular weight excluding hydrogens is 270 g/mol. The molecule has 1 aromatic carbocycles. The normalized spacial score (nSPS) is 11.7. The van der Waals surface area contributed by atoms with Crippen LogP contribution in [-0.2, 0) is 6.54 Å². The molecule has 0 amide bonds. The molecule has 0 aliphatic rings. The predicted octanol–water partition coefficient (Wildman–Crippen LogP) is 0.525. The summed E-state index contributed by atoms with van der Waals surface area (Å²) in [6, 6.07) is 4.19. The van der Waals surface area contributed by atoms with Crippen molar-refractivity contribution in [3.63, 3.8) is 0 Å². The molecule has 0 spiro atoms. The topological polar surface area (TPSA) is 46.9 Å². The molecule has 0 unspecified atom stereocenters. The van der Waals surface area contributed by atoms with Crippen molar-refractivity contribution in [2.75, 3.05) is 33.7 Å². The van der Waals surface area contributed by atoms with Crippen LogP contribution in [0.5, 0.6) is 0 Å². The highest BCUT2D eigenvalue weighted by Crippen LogP contribution is 2.08. The van der Waals surface area contributed by atoms with Crippen LogP contribution in [0, 0.1) is 11.7 Å². The van der Waals surface area contributed by atoms with Crippen LogP contribution in [0.25, 0.3) is 0 Å². The smallest absolute Gasteiger partial charge is 0.423 e. The van der Waals surface area contributed by atoms with E-state index in [1.165, 1.54) is 12.1 Å². The van der Waals surface area contributed by atoms with Gasteiger partial charge in [0.15, 0.2) is 0 Å². The maximum absolute atomic E-state index is 13.3. The van der Waals surface area contributed by atoms with Gasteiger partial charge in [0.1, 0.15) is 5.82 Å². The molecule has 0 bridgehead atoms. The number of benzene rings is 1. The van der Waals surface area contributed by atoms with Gasteiger partial charge in [-0.2, -0.15) is 0 Å². The second kappa shape index (κ2) is 8.49. The minimum Gasteiger partial charge on any atom is -0.423 e. The largest absolute Gasteiger partial charge is 0.488 e. The average Bonchev–Trinajstić information content (AvgIpc) is 2.37. The van der Waals surface area contributed by atoms with Gasteiger partial charge >= 0.3 is 7.12 Å². The molecule has 6 heteroatoms. The standard InChI is InChI=1S/C15H26BFN2O2/c1-12(2)10-19(8-7-18(3)4)11-13-5-6-14(17)9-15(13)16(20)21/h5-6,9,12,20-21H,7-8,10-11H2,1-4H3. The van der Waals surface area contributed by atoms with E-state index in [9.17, 15) is 14.4 Å². The fraction of sp³-hybridized carbons (Fsp3) is 0.600. The maximum atomic E-state index is 13.3. The molecule has 1 rings (SSSR count). The van der Waals surface area contributed by atoms with Gasteiger partial charge in [0.25, 0.3) is 0 Å². The van der Waals surface area contributed by atoms with Crippen molar-refractivity contribution in [3.05, 3.63) is 29.6 Å². The van der Waals surface area contributed by atoms with Crippen LogP contribution in [0.3, 0.4) is 0 Å². The van der Waals surface area contributed by atoms with Gasteiger partial charge in [0.05, 0.1) is 0 Å². The molecule has 1 aromatic rings. The van der Waals surface area contributed by atoms with Crippen LogP contribution in [0.1, 0.15) is 19.4 Å². The molecule has 118 valence electrons. The fourth-order valence-electron chi connectivity index (χ4n) is 2.28. The quantitative estimate of drug-likeness (QED) is 0.687. The predicted molar refractivity (Wildman–Crippen MR) is 84.9 cm³/mol. The van der Waals surface area contributed by atoms with Gasteiger partial charge in [-0.25, -0.2) is 4.39 Å². The first kappa shape index (κ1) is 18.1. The Bertz CT molecular complexity index is 442. The van der Waals surface area contributed by atoms with Gasteiger partial charge in [-0.05, 0) is 43.2 Å². The van der Waals surface area contributed by atoms with E-state index in [-0.39, 0.29) is 5.46 Å². The van der Waals surface area contributed by atoms with Gasteiger partial charge in [0.2, 0.25) is 0 Å². The Morgan fingerprint density at radius 3 is 2.38 bits per heavy atom. The molecule has 0 aromatic heterocycles. The molecule has 0 aliphatic carbocycles. The van der Waals surface area contributed by atoms with Gasteiger partial charge in [-0.1, -0.05) is 19.9 Å². The van der Waals surface area contributed by atoms with Crippen LogP contribution in [-0.4, -0.2) is 60.7 Å². The molecule has 0 atom stereocenters. The van der Waals surface area contributed by atoms with Crippen LogP contribution in [0.2, 0.25) is 0 Å². The summed E-state index contributed by atoms with van der Waals surface area (Å²) in [5.41, 5.74) is 0.999. The van der Waals surface area contributed by atoms with Crippen LogP contribution < -0.4 is 5.46 Å². The molecule has 0 radical (unpaired) electrons. The summed E-state index contributed by atoms with van der Waals surface area (Å²) in [6.07, 6.45) is 0. The number of halogens is 1. The summed E-state index contributed by atoms with van der Waals surface area (Å²) in [5.74, 6) is 0.0562. The third-order valence-corrected chi connectivity index (χ3v) is 3.27. The number of likely N-dealkylation sites (N-methyl/N-ethyl adjacent to an activating group) is 1. The van der Waals surface area contributed by atoms with E-state index < -0.39 is 12.9 Å². The number of hydrogen-bond donors (Lipinski definition) is 2. The fourth-order valence-corrected chi connectivity index (χ4v) is 2.28. The Balaban J connectivity index is 2.86. The zero-order chi connectivity index (χ0) is 16.0. The minimum atomic E-state index is -1.65. The van der Waals surface area contributed by atoms with Gasteiger partial charge in [-0.15, -0.1) is 0 Å². The van der Waals surface area contributed by atoms with Gasteiger partial charge in [0, 0.05) is 26.2 Å². The summed E-state index contributed by atoms with van der Waals surface area (Å²) in [6.45, 7) is 7.59. The molecule has 0 saturated carbocycles. The van der Waals surface area contributed by atoms with E-state index in [0.29, 0.717) is 12.5 Å². The lowest BCUT2D eigenvalue weighted by Gasteiger charge is -2.26. The van der Waals surface area contributed by atoms with Crippen molar-refractivity contribution in [3.8, 4) is 0 Å². The molecular formula is C15H26BFN2O2. The van der Waals surface area contributed by atoms with E-state index >= 15 is 0 Å². The molecule has 4 nitrogen and oxygen atoms in total. The Labute approximate surface area is 127 Å². The van der Waals surface area contributed by atoms with Crippen molar-refractivity contribution in [1.29, 1.82) is 0 Å².